The molecule has 8 nitrogen and oxygen atoms in total. The number of hydrogen-bond acceptors (Lipinski definition) is 6. The quantitative estimate of drug-likeness (QED) is 0.216. The van der Waals surface area contributed by atoms with Crippen molar-refractivity contribution in [3.05, 3.63) is 99.9 Å². The van der Waals surface area contributed by atoms with Crippen LogP contribution in [0, 0.1) is 22.9 Å². The Morgan fingerprint density at radius 3 is 2.53 bits per heavy atom. The summed E-state index contributed by atoms with van der Waals surface area (Å²) in [6, 6.07) is 20.2. The van der Waals surface area contributed by atoms with E-state index in [0.29, 0.717) is 34.3 Å². The average Bonchev–Trinajstić information content (AvgIpc) is 3.22. The number of aryl methyl sites for hydroxylation is 1. The number of amides is 1. The third kappa shape index (κ3) is 5.29. The van der Waals surface area contributed by atoms with Crippen molar-refractivity contribution in [2.24, 2.45) is 0 Å². The van der Waals surface area contributed by atoms with Crippen LogP contribution in [0.15, 0.2) is 78.0 Å². The molecule has 10 heteroatoms. The maximum atomic E-state index is 14.5. The number of rotatable bonds is 8. The summed E-state index contributed by atoms with van der Waals surface area (Å²) >= 11 is 1.18. The van der Waals surface area contributed by atoms with Gasteiger partial charge in [-0.2, -0.15) is 0 Å². The number of thioether (sulfide) groups is 1. The van der Waals surface area contributed by atoms with E-state index in [-0.39, 0.29) is 17.3 Å². The number of carbonyl (C=O) groups excluding carboxylic acids is 1. The Labute approximate surface area is 199 Å². The fraction of sp³-hybridized carbons (Fsp3) is 0.125. The number of nitro groups is 1. The van der Waals surface area contributed by atoms with Crippen LogP contribution in [0.25, 0.3) is 11.4 Å². The number of halogens is 1. The molecular formula is C24H20FN5O3S. The van der Waals surface area contributed by atoms with Crippen LogP contribution >= 0.6 is 11.8 Å². The third-order valence-corrected chi connectivity index (χ3v) is 6.01. The largest absolute Gasteiger partial charge is 0.325 e. The molecule has 0 spiro atoms. The van der Waals surface area contributed by atoms with E-state index in [1.807, 2.05) is 30.3 Å². The summed E-state index contributed by atoms with van der Waals surface area (Å²) in [5.74, 6) is -0.312. The van der Waals surface area contributed by atoms with Crippen molar-refractivity contribution >= 4 is 29.0 Å². The van der Waals surface area contributed by atoms with Gasteiger partial charge in [0.05, 0.1) is 22.8 Å². The first-order valence-electron chi connectivity index (χ1n) is 10.3. The molecule has 34 heavy (non-hydrogen) atoms. The van der Waals surface area contributed by atoms with Gasteiger partial charge in [0.25, 0.3) is 5.69 Å². The Hall–Kier alpha value is -4.05. The Morgan fingerprint density at radius 1 is 1.09 bits per heavy atom. The summed E-state index contributed by atoms with van der Waals surface area (Å²) in [6.45, 7) is 2.09. The van der Waals surface area contributed by atoms with E-state index in [1.165, 1.54) is 36.0 Å². The first-order valence-corrected chi connectivity index (χ1v) is 11.3. The smallest absolute Gasteiger partial charge is 0.269 e. The van der Waals surface area contributed by atoms with Gasteiger partial charge in [-0.1, -0.05) is 54.2 Å². The van der Waals surface area contributed by atoms with Gasteiger partial charge >= 0.3 is 0 Å². The van der Waals surface area contributed by atoms with E-state index >= 15 is 0 Å². The van der Waals surface area contributed by atoms with Crippen molar-refractivity contribution in [2.75, 3.05) is 11.1 Å². The van der Waals surface area contributed by atoms with Gasteiger partial charge in [0.1, 0.15) is 5.82 Å². The lowest BCUT2D eigenvalue weighted by atomic mass is 10.2. The maximum Gasteiger partial charge on any atom is 0.269 e. The van der Waals surface area contributed by atoms with E-state index in [1.54, 1.807) is 29.7 Å². The Morgan fingerprint density at radius 2 is 1.82 bits per heavy atom. The molecule has 1 N–H and O–H groups in total. The Kier molecular flexibility index (Phi) is 6.98. The number of benzene rings is 3. The molecule has 0 aliphatic heterocycles. The number of nitro benzene ring substituents is 1. The molecule has 0 bridgehead atoms. The van der Waals surface area contributed by atoms with Gasteiger partial charge in [-0.3, -0.25) is 19.5 Å². The van der Waals surface area contributed by atoms with E-state index in [2.05, 4.69) is 15.5 Å². The molecule has 3 aromatic carbocycles. The molecule has 0 saturated carbocycles. The SMILES string of the molecule is Cc1cc([N+](=O)[O-])ccc1NC(=O)CSc1nnc(-c2ccccc2F)n1Cc1ccccc1. The predicted octanol–water partition coefficient (Wildman–Crippen LogP) is 5.08. The molecule has 4 aromatic rings. The van der Waals surface area contributed by atoms with Crippen LogP contribution in [0.5, 0.6) is 0 Å². The molecular weight excluding hydrogens is 457 g/mol. The highest BCUT2D eigenvalue weighted by Crippen LogP contribution is 2.27. The van der Waals surface area contributed by atoms with Crippen molar-refractivity contribution in [2.45, 2.75) is 18.6 Å². The molecule has 1 aromatic heterocycles. The van der Waals surface area contributed by atoms with Crippen molar-refractivity contribution in [3.63, 3.8) is 0 Å². The van der Waals surface area contributed by atoms with E-state index in [0.717, 1.165) is 5.56 Å². The summed E-state index contributed by atoms with van der Waals surface area (Å²) in [7, 11) is 0. The Bertz CT molecular complexity index is 1340. The first-order chi connectivity index (χ1) is 16.4. The second-order valence-corrected chi connectivity index (χ2v) is 8.39. The van der Waals surface area contributed by atoms with Crippen LogP contribution in [-0.2, 0) is 11.3 Å². The molecule has 0 atom stereocenters. The lowest BCUT2D eigenvalue weighted by molar-refractivity contribution is -0.384. The van der Waals surface area contributed by atoms with E-state index in [4.69, 9.17) is 0 Å². The highest BCUT2D eigenvalue weighted by Gasteiger charge is 2.19. The second kappa shape index (κ2) is 10.3. The number of non-ortho nitro benzene ring substituents is 1. The molecule has 0 aliphatic carbocycles. The monoisotopic (exact) mass is 477 g/mol. The van der Waals surface area contributed by atoms with E-state index in [9.17, 15) is 19.3 Å². The van der Waals surface area contributed by atoms with Crippen LogP contribution in [0.3, 0.4) is 0 Å². The van der Waals surface area contributed by atoms with Crippen molar-refractivity contribution in [3.8, 4) is 11.4 Å². The van der Waals surface area contributed by atoms with Gasteiger partial charge < -0.3 is 5.32 Å². The summed E-state index contributed by atoms with van der Waals surface area (Å²) in [6.07, 6.45) is 0. The highest BCUT2D eigenvalue weighted by molar-refractivity contribution is 7.99. The summed E-state index contributed by atoms with van der Waals surface area (Å²) in [5, 5.41) is 22.6. The number of nitrogens with zero attached hydrogens (tertiary/aromatic N) is 4. The standard InChI is InChI=1S/C24H20FN5O3S/c1-16-13-18(30(32)33)11-12-21(16)26-22(31)15-34-24-28-27-23(19-9-5-6-10-20(19)25)29(24)14-17-7-3-2-4-8-17/h2-13H,14-15H2,1H3,(H,26,31). The Balaban J connectivity index is 1.54. The van der Waals surface area contributed by atoms with Gasteiger partial charge in [0.2, 0.25) is 5.91 Å². The number of aromatic nitrogens is 3. The lowest BCUT2D eigenvalue weighted by Crippen LogP contribution is -2.15. The average molecular weight is 478 g/mol. The molecule has 172 valence electrons. The van der Waals surface area contributed by atoms with Gasteiger partial charge in [-0.25, -0.2) is 4.39 Å². The zero-order chi connectivity index (χ0) is 24.1. The third-order valence-electron chi connectivity index (χ3n) is 5.04. The van der Waals surface area contributed by atoms with E-state index < -0.39 is 10.7 Å². The summed E-state index contributed by atoms with van der Waals surface area (Å²) in [4.78, 5) is 23.0. The zero-order valence-corrected chi connectivity index (χ0v) is 19.0. The molecule has 0 radical (unpaired) electrons. The van der Waals surface area contributed by atoms with Crippen LogP contribution in [0.2, 0.25) is 0 Å². The van der Waals surface area contributed by atoms with Gasteiger partial charge in [-0.15, -0.1) is 10.2 Å². The van der Waals surface area contributed by atoms with Crippen molar-refractivity contribution in [1.82, 2.24) is 14.8 Å². The first kappa shape index (κ1) is 23.1. The molecule has 0 saturated heterocycles. The molecule has 1 heterocycles. The molecule has 4 rings (SSSR count). The lowest BCUT2D eigenvalue weighted by Gasteiger charge is -2.11. The fourth-order valence-electron chi connectivity index (χ4n) is 3.36. The van der Waals surface area contributed by atoms with Gasteiger partial charge in [0.15, 0.2) is 11.0 Å². The van der Waals surface area contributed by atoms with Crippen molar-refractivity contribution < 1.29 is 14.1 Å². The zero-order valence-electron chi connectivity index (χ0n) is 18.1. The van der Waals surface area contributed by atoms with Gasteiger partial charge in [0, 0.05) is 17.8 Å². The van der Waals surface area contributed by atoms with Crippen LogP contribution in [0.4, 0.5) is 15.8 Å². The minimum atomic E-state index is -0.485. The molecule has 0 aliphatic rings. The number of hydrogen-bond donors (Lipinski definition) is 1. The summed E-state index contributed by atoms with van der Waals surface area (Å²) < 4.78 is 16.3. The molecule has 0 fully saturated rings. The topological polar surface area (TPSA) is 103 Å². The van der Waals surface area contributed by atoms with Crippen molar-refractivity contribution in [1.29, 1.82) is 0 Å². The highest BCUT2D eigenvalue weighted by atomic mass is 32.2. The predicted molar refractivity (Wildman–Crippen MR) is 128 cm³/mol. The van der Waals surface area contributed by atoms with Crippen LogP contribution < -0.4 is 5.32 Å². The molecule has 1 amide bonds. The minimum Gasteiger partial charge on any atom is -0.325 e. The number of nitrogens with one attached hydrogen (secondary N) is 1. The number of anilines is 1. The van der Waals surface area contributed by atoms with Gasteiger partial charge in [-0.05, 0) is 36.2 Å². The second-order valence-electron chi connectivity index (χ2n) is 7.45. The normalized spacial score (nSPS) is 10.8. The minimum absolute atomic E-state index is 0.0284. The maximum absolute atomic E-state index is 14.5. The molecule has 0 unspecified atom stereocenters. The van der Waals surface area contributed by atoms with Crippen LogP contribution in [-0.4, -0.2) is 31.3 Å². The number of carbonyl (C=O) groups is 1. The van der Waals surface area contributed by atoms with Crippen LogP contribution in [0.1, 0.15) is 11.1 Å². The summed E-state index contributed by atoms with van der Waals surface area (Å²) in [5.41, 5.74) is 2.34. The fourth-order valence-corrected chi connectivity index (χ4v) is 4.10.